The van der Waals surface area contributed by atoms with Crippen molar-refractivity contribution in [2.45, 2.75) is 19.9 Å². The Hall–Kier alpha value is -2.08. The average molecular weight is 294 g/mol. The highest BCUT2D eigenvalue weighted by atomic mass is 16.5. The molecular formula is C15H22N2O4. The van der Waals surface area contributed by atoms with E-state index in [2.05, 4.69) is 10.6 Å². The summed E-state index contributed by atoms with van der Waals surface area (Å²) in [5, 5.41) is 5.10. The lowest BCUT2D eigenvalue weighted by Crippen LogP contribution is -2.40. The van der Waals surface area contributed by atoms with Crippen LogP contribution < -0.4 is 15.4 Å². The minimum absolute atomic E-state index is 0.302. The first-order chi connectivity index (χ1) is 10.2. The summed E-state index contributed by atoms with van der Waals surface area (Å²) in [6, 6.07) is 7.36. The number of methoxy groups -OCH3 is 1. The van der Waals surface area contributed by atoms with Gasteiger partial charge in [-0.3, -0.25) is 9.59 Å². The summed E-state index contributed by atoms with van der Waals surface area (Å²) in [7, 11) is 1.59. The van der Waals surface area contributed by atoms with E-state index in [1.807, 2.05) is 31.2 Å². The monoisotopic (exact) mass is 294 g/mol. The smallest absolute Gasteiger partial charge is 0.309 e. The van der Waals surface area contributed by atoms with E-state index in [4.69, 9.17) is 9.47 Å². The Morgan fingerprint density at radius 1 is 1.10 bits per heavy atom. The van der Waals surface area contributed by atoms with Crippen LogP contribution in [0.4, 0.5) is 0 Å². The zero-order valence-corrected chi connectivity index (χ0v) is 12.5. The minimum Gasteiger partial charge on any atom is -0.494 e. The number of benzene rings is 1. The number of rotatable bonds is 8. The SMILES string of the molecule is CCOc1ccc(CNC(=O)C(=O)NCCCOC)cc1. The van der Waals surface area contributed by atoms with Gasteiger partial charge < -0.3 is 20.1 Å². The quantitative estimate of drug-likeness (QED) is 0.550. The lowest BCUT2D eigenvalue weighted by molar-refractivity contribution is -0.139. The Morgan fingerprint density at radius 2 is 1.76 bits per heavy atom. The zero-order valence-electron chi connectivity index (χ0n) is 12.5. The topological polar surface area (TPSA) is 76.7 Å². The van der Waals surface area contributed by atoms with E-state index in [1.165, 1.54) is 0 Å². The lowest BCUT2D eigenvalue weighted by atomic mass is 10.2. The second-order valence-corrected chi connectivity index (χ2v) is 4.36. The largest absolute Gasteiger partial charge is 0.494 e. The molecule has 0 heterocycles. The van der Waals surface area contributed by atoms with Crippen molar-refractivity contribution in [3.8, 4) is 5.75 Å². The molecule has 2 amide bonds. The fraction of sp³-hybridized carbons (Fsp3) is 0.467. The van der Waals surface area contributed by atoms with Crippen molar-refractivity contribution in [2.75, 3.05) is 26.9 Å². The van der Waals surface area contributed by atoms with E-state index >= 15 is 0 Å². The second kappa shape index (κ2) is 9.77. The first kappa shape index (κ1) is 17.0. The highest BCUT2D eigenvalue weighted by molar-refractivity contribution is 6.35. The number of carbonyl (C=O) groups excluding carboxylic acids is 2. The number of hydrogen-bond donors (Lipinski definition) is 2. The Morgan fingerprint density at radius 3 is 2.38 bits per heavy atom. The van der Waals surface area contributed by atoms with Gasteiger partial charge in [0.05, 0.1) is 6.61 Å². The van der Waals surface area contributed by atoms with Crippen LogP contribution in [0.5, 0.6) is 5.75 Å². The van der Waals surface area contributed by atoms with Crippen molar-refractivity contribution >= 4 is 11.8 Å². The zero-order chi connectivity index (χ0) is 15.5. The maximum atomic E-state index is 11.6. The molecule has 0 aromatic heterocycles. The molecule has 0 spiro atoms. The van der Waals surface area contributed by atoms with Crippen LogP contribution in [-0.4, -0.2) is 38.7 Å². The third-order valence-electron chi connectivity index (χ3n) is 2.70. The molecule has 6 nitrogen and oxygen atoms in total. The summed E-state index contributed by atoms with van der Waals surface area (Å²) < 4.78 is 10.2. The van der Waals surface area contributed by atoms with Crippen LogP contribution in [0.1, 0.15) is 18.9 Å². The number of carbonyl (C=O) groups is 2. The highest BCUT2D eigenvalue weighted by Crippen LogP contribution is 2.11. The van der Waals surface area contributed by atoms with Crippen LogP contribution in [0.15, 0.2) is 24.3 Å². The molecule has 0 aliphatic carbocycles. The number of nitrogens with one attached hydrogen (secondary N) is 2. The summed E-state index contributed by atoms with van der Waals surface area (Å²) in [5.74, 6) is -0.484. The highest BCUT2D eigenvalue weighted by Gasteiger charge is 2.11. The van der Waals surface area contributed by atoms with Crippen molar-refractivity contribution in [2.24, 2.45) is 0 Å². The molecule has 2 N–H and O–H groups in total. The molecule has 1 rings (SSSR count). The van der Waals surface area contributed by atoms with Crippen LogP contribution in [0.2, 0.25) is 0 Å². The first-order valence-electron chi connectivity index (χ1n) is 6.94. The third kappa shape index (κ3) is 6.76. The lowest BCUT2D eigenvalue weighted by Gasteiger charge is -2.07. The van der Waals surface area contributed by atoms with Crippen LogP contribution in [0, 0.1) is 0 Å². The molecule has 116 valence electrons. The molecule has 6 heteroatoms. The number of hydrogen-bond acceptors (Lipinski definition) is 4. The van der Waals surface area contributed by atoms with Crippen LogP contribution in [0.25, 0.3) is 0 Å². The first-order valence-corrected chi connectivity index (χ1v) is 6.94. The van der Waals surface area contributed by atoms with E-state index in [0.717, 1.165) is 11.3 Å². The fourth-order valence-electron chi connectivity index (χ4n) is 1.63. The van der Waals surface area contributed by atoms with Gasteiger partial charge in [-0.05, 0) is 31.0 Å². The average Bonchev–Trinajstić information content (AvgIpc) is 2.50. The number of ether oxygens (including phenoxy) is 2. The van der Waals surface area contributed by atoms with Gasteiger partial charge in [-0.15, -0.1) is 0 Å². The Kier molecular flexibility index (Phi) is 7.89. The summed E-state index contributed by atoms with van der Waals surface area (Å²) in [5.41, 5.74) is 0.902. The standard InChI is InChI=1S/C15H22N2O4/c1-3-21-13-7-5-12(6-8-13)11-17-15(19)14(18)16-9-4-10-20-2/h5-8H,3-4,9-11H2,1-2H3,(H,16,18)(H,17,19). The van der Waals surface area contributed by atoms with Gasteiger partial charge in [-0.25, -0.2) is 0 Å². The third-order valence-corrected chi connectivity index (χ3v) is 2.70. The Balaban J connectivity index is 2.29. The van der Waals surface area contributed by atoms with Crippen molar-refractivity contribution in [3.63, 3.8) is 0 Å². The summed E-state index contributed by atoms with van der Waals surface area (Å²) in [6.45, 7) is 3.80. The molecule has 1 aromatic rings. The van der Waals surface area contributed by atoms with E-state index < -0.39 is 11.8 Å². The molecule has 0 bridgehead atoms. The molecule has 0 fully saturated rings. The molecule has 0 saturated heterocycles. The molecular weight excluding hydrogens is 272 g/mol. The van der Waals surface area contributed by atoms with Gasteiger partial charge in [0.1, 0.15) is 5.75 Å². The normalized spacial score (nSPS) is 10.0. The molecule has 21 heavy (non-hydrogen) atoms. The molecule has 0 unspecified atom stereocenters. The van der Waals surface area contributed by atoms with Crippen LogP contribution in [0.3, 0.4) is 0 Å². The molecule has 1 aromatic carbocycles. The van der Waals surface area contributed by atoms with Gasteiger partial charge in [-0.1, -0.05) is 12.1 Å². The van der Waals surface area contributed by atoms with Gasteiger partial charge in [0.15, 0.2) is 0 Å². The van der Waals surface area contributed by atoms with Crippen LogP contribution in [-0.2, 0) is 20.9 Å². The van der Waals surface area contributed by atoms with Crippen molar-refractivity contribution in [1.82, 2.24) is 10.6 Å². The van der Waals surface area contributed by atoms with E-state index in [1.54, 1.807) is 7.11 Å². The van der Waals surface area contributed by atoms with E-state index in [9.17, 15) is 9.59 Å². The maximum absolute atomic E-state index is 11.6. The van der Waals surface area contributed by atoms with E-state index in [-0.39, 0.29) is 0 Å². The molecule has 0 aliphatic heterocycles. The molecule has 0 saturated carbocycles. The molecule has 0 radical (unpaired) electrons. The predicted molar refractivity (Wildman–Crippen MR) is 79.0 cm³/mol. The van der Waals surface area contributed by atoms with Gasteiger partial charge >= 0.3 is 11.8 Å². The van der Waals surface area contributed by atoms with Crippen molar-refractivity contribution in [1.29, 1.82) is 0 Å². The van der Waals surface area contributed by atoms with Gasteiger partial charge in [0.25, 0.3) is 0 Å². The maximum Gasteiger partial charge on any atom is 0.309 e. The van der Waals surface area contributed by atoms with Crippen LogP contribution >= 0.6 is 0 Å². The van der Waals surface area contributed by atoms with Gasteiger partial charge in [-0.2, -0.15) is 0 Å². The summed E-state index contributed by atoms with van der Waals surface area (Å²) >= 11 is 0. The molecule has 0 aliphatic rings. The summed E-state index contributed by atoms with van der Waals surface area (Å²) in [4.78, 5) is 23.1. The Labute approximate surface area is 124 Å². The van der Waals surface area contributed by atoms with E-state index in [0.29, 0.717) is 32.7 Å². The minimum atomic E-state index is -0.638. The Bertz CT molecular complexity index is 445. The second-order valence-electron chi connectivity index (χ2n) is 4.36. The van der Waals surface area contributed by atoms with Gasteiger partial charge in [0.2, 0.25) is 0 Å². The summed E-state index contributed by atoms with van der Waals surface area (Å²) in [6.07, 6.45) is 0.675. The predicted octanol–water partition coefficient (Wildman–Crippen LogP) is 0.854. The van der Waals surface area contributed by atoms with Gasteiger partial charge in [0, 0.05) is 26.8 Å². The number of amides is 2. The van der Waals surface area contributed by atoms with Crippen molar-refractivity contribution < 1.29 is 19.1 Å². The molecule has 0 atom stereocenters. The fourth-order valence-corrected chi connectivity index (χ4v) is 1.63. The van der Waals surface area contributed by atoms with Crippen molar-refractivity contribution in [3.05, 3.63) is 29.8 Å².